The van der Waals surface area contributed by atoms with Crippen LogP contribution in [0.15, 0.2) is 40.9 Å². The van der Waals surface area contributed by atoms with E-state index in [-0.39, 0.29) is 29.1 Å². The number of aromatic nitrogens is 4. The number of carbonyl (C=O) groups is 3. The third-order valence-electron chi connectivity index (χ3n) is 4.23. The van der Waals surface area contributed by atoms with E-state index in [9.17, 15) is 14.4 Å². The fraction of sp³-hybridized carbons (Fsp3) is 0.222. The summed E-state index contributed by atoms with van der Waals surface area (Å²) in [4.78, 5) is 37.8. The van der Waals surface area contributed by atoms with Crippen LogP contribution in [0.5, 0.6) is 0 Å². The van der Waals surface area contributed by atoms with Crippen molar-refractivity contribution in [3.8, 4) is 11.6 Å². The minimum atomic E-state index is -0.623. The van der Waals surface area contributed by atoms with Crippen molar-refractivity contribution in [1.29, 1.82) is 0 Å². The number of hydrogen-bond acceptors (Lipinski definition) is 7. The first kappa shape index (κ1) is 17.6. The van der Waals surface area contributed by atoms with Gasteiger partial charge in [-0.2, -0.15) is 5.10 Å². The number of imide groups is 1. The summed E-state index contributed by atoms with van der Waals surface area (Å²) < 4.78 is 7.17. The van der Waals surface area contributed by atoms with Crippen LogP contribution in [0, 0.1) is 0 Å². The second-order valence-corrected chi connectivity index (χ2v) is 6.46. The van der Waals surface area contributed by atoms with Crippen LogP contribution < -0.4 is 5.32 Å². The Morgan fingerprint density at radius 1 is 1.11 bits per heavy atom. The molecular formula is C18H16N6O4. The minimum Gasteiger partial charge on any atom is -0.401 e. The van der Waals surface area contributed by atoms with E-state index in [1.165, 1.54) is 0 Å². The van der Waals surface area contributed by atoms with Gasteiger partial charge < -0.3 is 4.42 Å². The van der Waals surface area contributed by atoms with Crippen molar-refractivity contribution in [3.63, 3.8) is 0 Å². The van der Waals surface area contributed by atoms with Gasteiger partial charge in [0.05, 0.1) is 11.1 Å². The molecule has 0 bridgehead atoms. The van der Waals surface area contributed by atoms with Gasteiger partial charge in [-0.25, -0.2) is 0 Å². The molecule has 10 heteroatoms. The summed E-state index contributed by atoms with van der Waals surface area (Å²) in [5.74, 6) is -1.45. The van der Waals surface area contributed by atoms with Gasteiger partial charge in [0.25, 0.3) is 17.7 Å². The maximum atomic E-state index is 12.3. The molecular weight excluding hydrogens is 364 g/mol. The molecule has 0 spiro atoms. The lowest BCUT2D eigenvalue weighted by Crippen LogP contribution is -2.37. The first-order valence-corrected chi connectivity index (χ1v) is 8.58. The minimum absolute atomic E-state index is 0.0868. The van der Waals surface area contributed by atoms with Crippen molar-refractivity contribution >= 4 is 23.7 Å². The van der Waals surface area contributed by atoms with Gasteiger partial charge in [-0.05, 0) is 32.0 Å². The number of nitrogens with zero attached hydrogens (tertiary/aromatic N) is 5. The smallest absolute Gasteiger partial charge is 0.322 e. The highest BCUT2D eigenvalue weighted by molar-refractivity contribution is 6.22. The summed E-state index contributed by atoms with van der Waals surface area (Å²) in [5, 5.41) is 14.3. The third-order valence-corrected chi connectivity index (χ3v) is 4.23. The zero-order chi connectivity index (χ0) is 19.8. The Bertz CT molecular complexity index is 1050. The summed E-state index contributed by atoms with van der Waals surface area (Å²) >= 11 is 0. The lowest BCUT2D eigenvalue weighted by Gasteiger charge is -2.12. The zero-order valence-electron chi connectivity index (χ0n) is 15.1. The maximum absolute atomic E-state index is 12.3. The molecule has 3 amide bonds. The van der Waals surface area contributed by atoms with Crippen LogP contribution in [0.2, 0.25) is 0 Å². The lowest BCUT2D eigenvalue weighted by atomic mass is 10.1. The van der Waals surface area contributed by atoms with Gasteiger partial charge >= 0.3 is 6.01 Å². The molecule has 10 nitrogen and oxygen atoms in total. The summed E-state index contributed by atoms with van der Waals surface area (Å²) in [5.41, 5.74) is 1.17. The second kappa shape index (κ2) is 6.72. The summed E-state index contributed by atoms with van der Waals surface area (Å²) in [6, 6.07) is 8.10. The molecule has 28 heavy (non-hydrogen) atoms. The van der Waals surface area contributed by atoms with Crippen LogP contribution in [0.25, 0.3) is 11.6 Å². The van der Waals surface area contributed by atoms with Gasteiger partial charge in [0.15, 0.2) is 0 Å². The van der Waals surface area contributed by atoms with Crippen LogP contribution in [0.3, 0.4) is 0 Å². The number of fused-ring (bicyclic) bond motifs is 1. The van der Waals surface area contributed by atoms with Crippen LogP contribution in [0.1, 0.15) is 40.6 Å². The van der Waals surface area contributed by atoms with E-state index < -0.39 is 24.3 Å². The largest absolute Gasteiger partial charge is 0.401 e. The highest BCUT2D eigenvalue weighted by Crippen LogP contribution is 2.24. The monoisotopic (exact) mass is 380 g/mol. The molecule has 0 radical (unpaired) electrons. The third kappa shape index (κ3) is 2.94. The van der Waals surface area contributed by atoms with E-state index in [4.69, 9.17) is 4.42 Å². The van der Waals surface area contributed by atoms with Crippen molar-refractivity contribution in [3.05, 3.63) is 47.7 Å². The SMILES string of the molecule is CC(C)n1nccc1-c1nnc(NC(=O)CN2C(=O)c3ccccc3C2=O)o1. The average molecular weight is 380 g/mol. The number of benzene rings is 1. The fourth-order valence-electron chi connectivity index (χ4n) is 2.96. The molecule has 1 aliphatic rings. The average Bonchev–Trinajstić information content (AvgIpc) is 3.38. The van der Waals surface area contributed by atoms with E-state index in [1.807, 2.05) is 13.8 Å². The van der Waals surface area contributed by atoms with Crippen LogP contribution in [-0.4, -0.2) is 49.1 Å². The Morgan fingerprint density at radius 3 is 2.43 bits per heavy atom. The molecule has 4 rings (SSSR count). The van der Waals surface area contributed by atoms with E-state index >= 15 is 0 Å². The van der Waals surface area contributed by atoms with Crippen LogP contribution >= 0.6 is 0 Å². The van der Waals surface area contributed by atoms with Gasteiger partial charge in [0, 0.05) is 12.2 Å². The highest BCUT2D eigenvalue weighted by Gasteiger charge is 2.36. The van der Waals surface area contributed by atoms with Crippen LogP contribution in [-0.2, 0) is 4.79 Å². The van der Waals surface area contributed by atoms with Gasteiger partial charge in [0.2, 0.25) is 5.91 Å². The van der Waals surface area contributed by atoms with Crippen molar-refractivity contribution in [1.82, 2.24) is 24.9 Å². The quantitative estimate of drug-likeness (QED) is 0.669. The fourth-order valence-corrected chi connectivity index (χ4v) is 2.96. The van der Waals surface area contributed by atoms with Crippen LogP contribution in [0.4, 0.5) is 6.01 Å². The molecule has 1 aromatic carbocycles. The predicted molar refractivity (Wildman–Crippen MR) is 96.3 cm³/mol. The number of hydrogen-bond donors (Lipinski definition) is 1. The summed E-state index contributed by atoms with van der Waals surface area (Å²) in [6.45, 7) is 3.46. The molecule has 2 aromatic heterocycles. The van der Waals surface area contributed by atoms with Gasteiger partial charge in [-0.1, -0.05) is 17.2 Å². The van der Waals surface area contributed by atoms with Crippen molar-refractivity contribution in [2.24, 2.45) is 0 Å². The lowest BCUT2D eigenvalue weighted by molar-refractivity contribution is -0.116. The molecule has 142 valence electrons. The Kier molecular flexibility index (Phi) is 4.22. The van der Waals surface area contributed by atoms with Gasteiger partial charge in [-0.3, -0.25) is 29.3 Å². The van der Waals surface area contributed by atoms with Crippen molar-refractivity contribution in [2.75, 3.05) is 11.9 Å². The van der Waals surface area contributed by atoms with E-state index in [1.54, 1.807) is 41.2 Å². The van der Waals surface area contributed by atoms with Crippen molar-refractivity contribution in [2.45, 2.75) is 19.9 Å². The number of anilines is 1. The molecule has 3 heterocycles. The van der Waals surface area contributed by atoms with Crippen molar-refractivity contribution < 1.29 is 18.8 Å². The molecule has 0 aliphatic carbocycles. The normalized spacial score (nSPS) is 13.3. The topological polar surface area (TPSA) is 123 Å². The molecule has 0 atom stereocenters. The predicted octanol–water partition coefficient (Wildman–Crippen LogP) is 1.75. The number of carbonyl (C=O) groups excluding carboxylic acids is 3. The second-order valence-electron chi connectivity index (χ2n) is 6.46. The van der Waals surface area contributed by atoms with E-state index in [0.717, 1.165) is 4.90 Å². The molecule has 0 fully saturated rings. The molecule has 3 aromatic rings. The molecule has 1 aliphatic heterocycles. The Hall–Kier alpha value is -3.82. The molecule has 0 unspecified atom stereocenters. The Morgan fingerprint density at radius 2 is 1.79 bits per heavy atom. The number of nitrogens with one attached hydrogen (secondary N) is 1. The number of rotatable bonds is 5. The highest BCUT2D eigenvalue weighted by atomic mass is 16.4. The molecule has 1 N–H and O–H groups in total. The molecule has 0 saturated carbocycles. The Labute approximate surface area is 159 Å². The van der Waals surface area contributed by atoms with Gasteiger partial charge in [-0.15, -0.1) is 5.10 Å². The zero-order valence-corrected chi connectivity index (χ0v) is 15.1. The van der Waals surface area contributed by atoms with Gasteiger partial charge in [0.1, 0.15) is 12.2 Å². The van der Waals surface area contributed by atoms with E-state index in [0.29, 0.717) is 5.69 Å². The maximum Gasteiger partial charge on any atom is 0.322 e. The van der Waals surface area contributed by atoms with E-state index in [2.05, 4.69) is 20.6 Å². The summed E-state index contributed by atoms with van der Waals surface area (Å²) in [6.07, 6.45) is 1.61. The number of amides is 3. The standard InChI is InChI=1S/C18H16N6O4/c1-10(2)24-13(7-8-19-24)15-21-22-18(28-15)20-14(25)9-23-16(26)11-5-3-4-6-12(11)17(23)27/h3-8,10H,9H2,1-2H3,(H,20,22,25). The molecule has 0 saturated heterocycles. The first-order chi connectivity index (χ1) is 13.5. The Balaban J connectivity index is 1.46. The summed E-state index contributed by atoms with van der Waals surface area (Å²) in [7, 11) is 0. The first-order valence-electron chi connectivity index (χ1n) is 8.58.